The number of rotatable bonds is 2. The summed E-state index contributed by atoms with van der Waals surface area (Å²) in [5.74, 6) is 0. The van der Waals surface area contributed by atoms with Crippen LogP contribution in [0.1, 0.15) is 18.6 Å². The maximum atomic E-state index is 11.4. The van der Waals surface area contributed by atoms with Gasteiger partial charge in [-0.1, -0.05) is 24.4 Å². The average Bonchev–Trinajstić information content (AvgIpc) is 2.38. The molecule has 104 valence electrons. The van der Waals surface area contributed by atoms with Gasteiger partial charge in [0.25, 0.3) is 0 Å². The SMILES string of the molecule is CC(=S)N1CCOC(c2ccc(S(C)(=O)=O)cc2)C1. The van der Waals surface area contributed by atoms with E-state index in [-0.39, 0.29) is 6.10 Å². The standard InChI is InChI=1S/C13H17NO3S2/c1-10(18)14-7-8-17-13(9-14)11-3-5-12(6-4-11)19(2,15)16/h3-6,13H,7-9H2,1-2H3. The maximum Gasteiger partial charge on any atom is 0.175 e. The lowest BCUT2D eigenvalue weighted by atomic mass is 10.1. The van der Waals surface area contributed by atoms with Gasteiger partial charge < -0.3 is 9.64 Å². The van der Waals surface area contributed by atoms with E-state index >= 15 is 0 Å². The molecule has 0 aliphatic carbocycles. The van der Waals surface area contributed by atoms with Crippen LogP contribution < -0.4 is 0 Å². The van der Waals surface area contributed by atoms with Gasteiger partial charge in [0.15, 0.2) is 9.84 Å². The van der Waals surface area contributed by atoms with Gasteiger partial charge in [0.05, 0.1) is 16.5 Å². The molecule has 1 atom stereocenters. The summed E-state index contributed by atoms with van der Waals surface area (Å²) in [5, 5.41) is 0. The van der Waals surface area contributed by atoms with E-state index in [0.717, 1.165) is 17.1 Å². The number of hydrogen-bond donors (Lipinski definition) is 0. The van der Waals surface area contributed by atoms with Crippen molar-refractivity contribution in [3.8, 4) is 0 Å². The Bertz CT molecular complexity index is 566. The molecule has 0 bridgehead atoms. The Morgan fingerprint density at radius 1 is 1.37 bits per heavy atom. The van der Waals surface area contributed by atoms with E-state index in [2.05, 4.69) is 4.90 Å². The van der Waals surface area contributed by atoms with E-state index in [1.165, 1.54) is 6.26 Å². The predicted molar refractivity (Wildman–Crippen MR) is 78.1 cm³/mol. The van der Waals surface area contributed by atoms with Gasteiger partial charge in [-0.05, 0) is 24.6 Å². The monoisotopic (exact) mass is 299 g/mol. The van der Waals surface area contributed by atoms with Crippen molar-refractivity contribution in [2.45, 2.75) is 17.9 Å². The van der Waals surface area contributed by atoms with E-state index in [9.17, 15) is 8.42 Å². The van der Waals surface area contributed by atoms with Crippen LogP contribution in [-0.2, 0) is 14.6 Å². The molecule has 1 unspecified atom stereocenters. The molecule has 0 radical (unpaired) electrons. The van der Waals surface area contributed by atoms with Crippen LogP contribution in [0.5, 0.6) is 0 Å². The van der Waals surface area contributed by atoms with E-state index in [1.807, 2.05) is 19.1 Å². The van der Waals surface area contributed by atoms with Crippen molar-refractivity contribution in [2.24, 2.45) is 0 Å². The third-order valence-corrected chi connectivity index (χ3v) is 4.58. The van der Waals surface area contributed by atoms with Crippen LogP contribution >= 0.6 is 12.2 Å². The summed E-state index contributed by atoms with van der Waals surface area (Å²) in [4.78, 5) is 3.30. The molecular formula is C13H17NO3S2. The van der Waals surface area contributed by atoms with Crippen LogP contribution in [0.4, 0.5) is 0 Å². The second-order valence-corrected chi connectivity index (χ2v) is 7.27. The topological polar surface area (TPSA) is 46.6 Å². The van der Waals surface area contributed by atoms with E-state index in [0.29, 0.717) is 18.0 Å². The van der Waals surface area contributed by atoms with Gasteiger partial charge in [0, 0.05) is 19.3 Å². The van der Waals surface area contributed by atoms with Crippen molar-refractivity contribution in [3.63, 3.8) is 0 Å². The molecule has 6 heteroatoms. The van der Waals surface area contributed by atoms with Crippen LogP contribution in [0, 0.1) is 0 Å². The fourth-order valence-corrected chi connectivity index (χ4v) is 2.86. The molecule has 1 aromatic rings. The van der Waals surface area contributed by atoms with Crippen LogP contribution in [0.3, 0.4) is 0 Å². The summed E-state index contributed by atoms with van der Waals surface area (Å²) in [6, 6.07) is 6.86. The minimum absolute atomic E-state index is 0.0553. The quantitative estimate of drug-likeness (QED) is 0.780. The van der Waals surface area contributed by atoms with Crippen LogP contribution in [0.2, 0.25) is 0 Å². The molecule has 0 saturated carbocycles. The molecule has 0 amide bonds. The highest BCUT2D eigenvalue weighted by atomic mass is 32.2. The van der Waals surface area contributed by atoms with E-state index in [4.69, 9.17) is 17.0 Å². The summed E-state index contributed by atoms with van der Waals surface area (Å²) < 4.78 is 28.5. The number of thiocarbonyl (C=S) groups is 1. The molecule has 0 spiro atoms. The second-order valence-electron chi connectivity index (χ2n) is 4.67. The highest BCUT2D eigenvalue weighted by molar-refractivity contribution is 7.90. The lowest BCUT2D eigenvalue weighted by Gasteiger charge is -2.34. The first-order valence-corrected chi connectivity index (χ1v) is 8.35. The van der Waals surface area contributed by atoms with E-state index < -0.39 is 9.84 Å². The first kappa shape index (κ1) is 14.4. The van der Waals surface area contributed by atoms with Gasteiger partial charge in [0.1, 0.15) is 6.10 Å². The summed E-state index contributed by atoms with van der Waals surface area (Å²) in [6.07, 6.45) is 1.15. The highest BCUT2D eigenvalue weighted by Crippen LogP contribution is 2.23. The average molecular weight is 299 g/mol. The Balaban J connectivity index is 2.16. The van der Waals surface area contributed by atoms with Crippen molar-refractivity contribution in [1.82, 2.24) is 4.90 Å². The predicted octanol–water partition coefficient (Wildman–Crippen LogP) is 1.81. The highest BCUT2D eigenvalue weighted by Gasteiger charge is 2.22. The molecule has 0 N–H and O–H groups in total. The van der Waals surface area contributed by atoms with Crippen molar-refractivity contribution in [2.75, 3.05) is 26.0 Å². The number of benzene rings is 1. The summed E-state index contributed by atoms with van der Waals surface area (Å²) in [6.45, 7) is 4.07. The molecule has 4 nitrogen and oxygen atoms in total. The lowest BCUT2D eigenvalue weighted by Crippen LogP contribution is -2.40. The lowest BCUT2D eigenvalue weighted by molar-refractivity contribution is -0.00631. The first-order chi connectivity index (χ1) is 8.88. The number of hydrogen-bond acceptors (Lipinski definition) is 4. The fourth-order valence-electron chi connectivity index (χ4n) is 2.07. The zero-order valence-corrected chi connectivity index (χ0v) is 12.6. The molecule has 0 aromatic heterocycles. The minimum Gasteiger partial charge on any atom is -0.370 e. The van der Waals surface area contributed by atoms with Crippen molar-refractivity contribution in [1.29, 1.82) is 0 Å². The molecule has 1 fully saturated rings. The number of sulfone groups is 1. The van der Waals surface area contributed by atoms with Gasteiger partial charge in [-0.15, -0.1) is 0 Å². The first-order valence-electron chi connectivity index (χ1n) is 6.05. The molecule has 1 saturated heterocycles. The van der Waals surface area contributed by atoms with E-state index in [1.54, 1.807) is 12.1 Å². The Labute approximate surface area is 119 Å². The van der Waals surface area contributed by atoms with Crippen LogP contribution in [0.15, 0.2) is 29.2 Å². The molecule has 1 aromatic carbocycles. The number of ether oxygens (including phenoxy) is 1. The molecule has 1 aliphatic heterocycles. The zero-order chi connectivity index (χ0) is 14.0. The third kappa shape index (κ3) is 3.52. The largest absolute Gasteiger partial charge is 0.370 e. The number of nitrogens with zero attached hydrogens (tertiary/aromatic N) is 1. The smallest absolute Gasteiger partial charge is 0.175 e. The molecular weight excluding hydrogens is 282 g/mol. The van der Waals surface area contributed by atoms with Gasteiger partial charge >= 0.3 is 0 Å². The van der Waals surface area contributed by atoms with Gasteiger partial charge in [-0.25, -0.2) is 8.42 Å². The van der Waals surface area contributed by atoms with Crippen LogP contribution in [0.25, 0.3) is 0 Å². The number of morpholine rings is 1. The summed E-state index contributed by atoms with van der Waals surface area (Å²) in [7, 11) is -3.15. The van der Waals surface area contributed by atoms with Crippen molar-refractivity contribution in [3.05, 3.63) is 29.8 Å². The summed E-state index contributed by atoms with van der Waals surface area (Å²) >= 11 is 5.18. The van der Waals surface area contributed by atoms with Crippen molar-refractivity contribution < 1.29 is 13.2 Å². The Kier molecular flexibility index (Phi) is 4.23. The maximum absolute atomic E-state index is 11.4. The normalized spacial score (nSPS) is 20.3. The van der Waals surface area contributed by atoms with Crippen LogP contribution in [-0.4, -0.2) is 44.3 Å². The molecule has 1 aliphatic rings. The Morgan fingerprint density at radius 2 is 2.00 bits per heavy atom. The molecule has 1 heterocycles. The summed E-state index contributed by atoms with van der Waals surface area (Å²) in [5.41, 5.74) is 0.980. The van der Waals surface area contributed by atoms with Crippen molar-refractivity contribution >= 4 is 27.0 Å². The van der Waals surface area contributed by atoms with Gasteiger partial charge in [-0.2, -0.15) is 0 Å². The van der Waals surface area contributed by atoms with Gasteiger partial charge in [0.2, 0.25) is 0 Å². The Hall–Kier alpha value is -0.980. The zero-order valence-electron chi connectivity index (χ0n) is 11.0. The Morgan fingerprint density at radius 3 is 2.53 bits per heavy atom. The minimum atomic E-state index is -3.15. The van der Waals surface area contributed by atoms with Gasteiger partial charge in [-0.3, -0.25) is 0 Å². The molecule has 2 rings (SSSR count). The fraction of sp³-hybridized carbons (Fsp3) is 0.462. The third-order valence-electron chi connectivity index (χ3n) is 3.19. The molecule has 19 heavy (non-hydrogen) atoms. The second kappa shape index (κ2) is 5.56.